The molecule has 0 atom stereocenters. The molecule has 5 heteroatoms. The fraction of sp³-hybridized carbons (Fsp3) is 0.556. The second kappa shape index (κ2) is 5.19. The number of thiazole rings is 1. The van der Waals surface area contributed by atoms with Gasteiger partial charge in [-0.25, -0.2) is 4.98 Å². The van der Waals surface area contributed by atoms with Crippen molar-refractivity contribution in [2.24, 2.45) is 0 Å². The van der Waals surface area contributed by atoms with Crippen LogP contribution in [0, 0.1) is 0 Å². The van der Waals surface area contributed by atoms with Crippen LogP contribution in [0.4, 0.5) is 0 Å². The third-order valence-corrected chi connectivity index (χ3v) is 3.05. The van der Waals surface area contributed by atoms with E-state index < -0.39 is 0 Å². The number of aliphatic hydroxyl groups excluding tert-OH is 1. The molecule has 14 heavy (non-hydrogen) atoms. The van der Waals surface area contributed by atoms with Crippen LogP contribution in [-0.2, 0) is 13.0 Å². The molecule has 0 unspecified atom stereocenters. The molecule has 2 rings (SSSR count). The number of nitrogens with zero attached hydrogens (tertiary/aromatic N) is 2. The van der Waals surface area contributed by atoms with Gasteiger partial charge in [0, 0.05) is 31.5 Å². The van der Waals surface area contributed by atoms with Crippen molar-refractivity contribution >= 4 is 17.6 Å². The highest BCUT2D eigenvalue weighted by molar-refractivity contribution is 7.13. The van der Waals surface area contributed by atoms with E-state index in [1.165, 1.54) is 16.2 Å². The zero-order valence-electron chi connectivity index (χ0n) is 8.36. The minimum atomic E-state index is 0.621. The van der Waals surface area contributed by atoms with E-state index in [-0.39, 0.29) is 0 Å². The predicted molar refractivity (Wildman–Crippen MR) is 55.7 cm³/mol. The first-order chi connectivity index (χ1) is 6.79. The summed E-state index contributed by atoms with van der Waals surface area (Å²) in [4.78, 5) is 18.2. The summed E-state index contributed by atoms with van der Waals surface area (Å²) in [7, 11) is 3.09. The summed E-state index contributed by atoms with van der Waals surface area (Å²) in [5, 5.41) is 7.62. The van der Waals surface area contributed by atoms with E-state index in [1.54, 1.807) is 0 Å². The Labute approximate surface area is 87.2 Å². The largest absolute Gasteiger partial charge is 0.400 e. The summed E-state index contributed by atoms with van der Waals surface area (Å²) in [6.45, 7) is 2.00. The maximum absolute atomic E-state index is 10.4. The highest BCUT2D eigenvalue weighted by Gasteiger charge is 2.17. The average Bonchev–Trinajstić information content (AvgIpc) is 2.62. The molecule has 0 spiro atoms. The second-order valence-electron chi connectivity index (χ2n) is 3.03. The van der Waals surface area contributed by atoms with Gasteiger partial charge in [-0.05, 0) is 7.05 Å². The van der Waals surface area contributed by atoms with Gasteiger partial charge in [-0.15, -0.1) is 11.3 Å². The Hall–Kier alpha value is -0.780. The van der Waals surface area contributed by atoms with Crippen molar-refractivity contribution in [2.45, 2.75) is 13.0 Å². The number of hydrogen-bond acceptors (Lipinski definition) is 5. The zero-order valence-corrected chi connectivity index (χ0v) is 9.17. The summed E-state index contributed by atoms with van der Waals surface area (Å²) >= 11 is 1.52. The number of carbonyl (C=O) groups excluding carboxylic acids is 1. The van der Waals surface area contributed by atoms with Crippen LogP contribution >= 0.6 is 11.3 Å². The Balaban J connectivity index is 0.000000461. The first-order valence-corrected chi connectivity index (χ1v) is 5.18. The summed E-state index contributed by atoms with van der Waals surface area (Å²) < 4.78 is 0. The maximum atomic E-state index is 10.4. The lowest BCUT2D eigenvalue weighted by Gasteiger charge is -2.20. The molecular formula is C9H14N2O2S. The van der Waals surface area contributed by atoms with Crippen LogP contribution in [0.25, 0.3) is 0 Å². The Morgan fingerprint density at radius 3 is 2.93 bits per heavy atom. The molecule has 1 aliphatic rings. The van der Waals surface area contributed by atoms with Crippen molar-refractivity contribution < 1.29 is 9.90 Å². The highest BCUT2D eigenvalue weighted by Crippen LogP contribution is 2.23. The van der Waals surface area contributed by atoms with Crippen molar-refractivity contribution in [1.82, 2.24) is 9.88 Å². The van der Waals surface area contributed by atoms with Crippen molar-refractivity contribution in [2.75, 3.05) is 20.7 Å². The number of aromatic nitrogens is 1. The topological polar surface area (TPSA) is 53.4 Å². The molecular weight excluding hydrogens is 200 g/mol. The number of carbonyl (C=O) groups is 1. The van der Waals surface area contributed by atoms with Crippen LogP contribution in [0.5, 0.6) is 0 Å². The van der Waals surface area contributed by atoms with E-state index in [1.807, 2.05) is 0 Å². The molecule has 0 bridgehead atoms. The molecule has 0 amide bonds. The number of likely N-dealkylation sites (N-methyl/N-ethyl adjacent to an activating group) is 1. The molecule has 0 saturated heterocycles. The lowest BCUT2D eigenvalue weighted by Crippen LogP contribution is -2.25. The number of hydrogen-bond donors (Lipinski definition) is 1. The van der Waals surface area contributed by atoms with Gasteiger partial charge in [0.05, 0.1) is 5.69 Å². The molecule has 1 N–H and O–H groups in total. The number of aliphatic hydroxyl groups is 1. The minimum absolute atomic E-state index is 0.621. The molecule has 1 aliphatic heterocycles. The normalized spacial score (nSPS) is 15.4. The van der Waals surface area contributed by atoms with Gasteiger partial charge in [-0.3, -0.25) is 4.79 Å². The SMILES string of the molecule is CN1CCc2nc(C=O)sc2C1.CO. The molecule has 0 saturated carbocycles. The van der Waals surface area contributed by atoms with E-state index in [9.17, 15) is 4.79 Å². The molecule has 0 fully saturated rings. The first kappa shape index (κ1) is 11.3. The monoisotopic (exact) mass is 214 g/mol. The second-order valence-corrected chi connectivity index (χ2v) is 4.14. The van der Waals surface area contributed by atoms with Gasteiger partial charge >= 0.3 is 0 Å². The van der Waals surface area contributed by atoms with Crippen LogP contribution in [-0.4, -0.2) is 42.0 Å². The lowest BCUT2D eigenvalue weighted by molar-refractivity contribution is 0.112. The maximum Gasteiger partial charge on any atom is 0.178 e. The molecule has 0 aromatic carbocycles. The van der Waals surface area contributed by atoms with Crippen LogP contribution in [0.2, 0.25) is 0 Å². The zero-order chi connectivity index (χ0) is 10.6. The molecule has 0 radical (unpaired) electrons. The van der Waals surface area contributed by atoms with E-state index in [4.69, 9.17) is 5.11 Å². The van der Waals surface area contributed by atoms with Crippen LogP contribution in [0.15, 0.2) is 0 Å². The van der Waals surface area contributed by atoms with Crippen LogP contribution in [0.3, 0.4) is 0 Å². The van der Waals surface area contributed by atoms with Crippen molar-refractivity contribution in [3.05, 3.63) is 15.6 Å². The number of rotatable bonds is 1. The third-order valence-electron chi connectivity index (χ3n) is 2.04. The summed E-state index contributed by atoms with van der Waals surface area (Å²) in [5.41, 5.74) is 1.13. The third kappa shape index (κ3) is 2.37. The lowest BCUT2D eigenvalue weighted by atomic mass is 10.2. The minimum Gasteiger partial charge on any atom is -0.400 e. The summed E-state index contributed by atoms with van der Waals surface area (Å²) in [5.74, 6) is 0. The van der Waals surface area contributed by atoms with Crippen molar-refractivity contribution in [3.63, 3.8) is 0 Å². The highest BCUT2D eigenvalue weighted by atomic mass is 32.1. The molecule has 0 aliphatic carbocycles. The number of aldehydes is 1. The van der Waals surface area contributed by atoms with E-state index in [2.05, 4.69) is 16.9 Å². The van der Waals surface area contributed by atoms with Gasteiger partial charge in [0.2, 0.25) is 0 Å². The molecule has 1 aromatic heterocycles. The standard InChI is InChI=1S/C8H10N2OS.CH4O/c1-10-3-2-6-7(4-10)12-8(5-11)9-6;1-2/h5H,2-4H2,1H3;2H,1H3. The van der Waals surface area contributed by atoms with Gasteiger partial charge < -0.3 is 10.0 Å². The van der Waals surface area contributed by atoms with E-state index in [0.717, 1.165) is 38.6 Å². The first-order valence-electron chi connectivity index (χ1n) is 4.36. The fourth-order valence-corrected chi connectivity index (χ4v) is 2.40. The van der Waals surface area contributed by atoms with E-state index >= 15 is 0 Å². The Morgan fingerprint density at radius 2 is 2.29 bits per heavy atom. The van der Waals surface area contributed by atoms with Gasteiger partial charge in [-0.1, -0.05) is 0 Å². The smallest absolute Gasteiger partial charge is 0.178 e. The van der Waals surface area contributed by atoms with Gasteiger partial charge in [0.25, 0.3) is 0 Å². The van der Waals surface area contributed by atoms with Crippen LogP contribution in [0.1, 0.15) is 20.4 Å². The fourth-order valence-electron chi connectivity index (χ4n) is 1.39. The average molecular weight is 214 g/mol. The molecule has 4 nitrogen and oxygen atoms in total. The Bertz CT molecular complexity index is 312. The van der Waals surface area contributed by atoms with Gasteiger partial charge in [0.15, 0.2) is 11.3 Å². The summed E-state index contributed by atoms with van der Waals surface area (Å²) in [6.07, 6.45) is 1.82. The Morgan fingerprint density at radius 1 is 1.57 bits per heavy atom. The molecule has 1 aromatic rings. The van der Waals surface area contributed by atoms with Crippen molar-refractivity contribution in [1.29, 1.82) is 0 Å². The van der Waals surface area contributed by atoms with Gasteiger partial charge in [0.1, 0.15) is 0 Å². The van der Waals surface area contributed by atoms with Gasteiger partial charge in [-0.2, -0.15) is 0 Å². The van der Waals surface area contributed by atoms with E-state index in [0.29, 0.717) is 5.01 Å². The quantitative estimate of drug-likeness (QED) is 0.694. The molecule has 78 valence electrons. The summed E-state index contributed by atoms with van der Waals surface area (Å²) in [6, 6.07) is 0. The molecule has 2 heterocycles. The number of fused-ring (bicyclic) bond motifs is 1. The van der Waals surface area contributed by atoms with Crippen LogP contribution < -0.4 is 0 Å². The predicted octanol–water partition coefficient (Wildman–Crippen LogP) is 0.552. The van der Waals surface area contributed by atoms with Crippen molar-refractivity contribution in [3.8, 4) is 0 Å². The Kier molecular flexibility index (Phi) is 4.19.